The van der Waals surface area contributed by atoms with Crippen molar-refractivity contribution in [2.45, 2.75) is 45.3 Å². The number of alkyl halides is 3. The van der Waals surface area contributed by atoms with E-state index in [1.165, 1.54) is 0 Å². The lowest BCUT2D eigenvalue weighted by Gasteiger charge is -2.28. The molecule has 0 aliphatic carbocycles. The highest BCUT2D eigenvalue weighted by atomic mass is 19.4. The second kappa shape index (κ2) is 7.33. The highest BCUT2D eigenvalue weighted by molar-refractivity contribution is 5.78. The largest absolute Gasteiger partial charge is 0.390 e. The summed E-state index contributed by atoms with van der Waals surface area (Å²) in [5, 5.41) is 3.74. The average Bonchev–Trinajstić information content (AvgIpc) is 2.71. The number of aromatic nitrogens is 1. The molecule has 1 saturated heterocycles. The predicted molar refractivity (Wildman–Crippen MR) is 77.8 cm³/mol. The van der Waals surface area contributed by atoms with Gasteiger partial charge in [0.1, 0.15) is 5.76 Å². The lowest BCUT2D eigenvalue weighted by Crippen LogP contribution is -2.40. The molecule has 0 bridgehead atoms. The molecule has 23 heavy (non-hydrogen) atoms. The van der Waals surface area contributed by atoms with Crippen LogP contribution in [-0.4, -0.2) is 59.3 Å². The molecule has 1 unspecified atom stereocenters. The van der Waals surface area contributed by atoms with Crippen LogP contribution in [0, 0.1) is 6.92 Å². The van der Waals surface area contributed by atoms with E-state index in [-0.39, 0.29) is 12.3 Å². The van der Waals surface area contributed by atoms with Gasteiger partial charge < -0.3 is 9.42 Å². The summed E-state index contributed by atoms with van der Waals surface area (Å²) in [5.74, 6) is 0.436. The summed E-state index contributed by atoms with van der Waals surface area (Å²) in [6, 6.07) is 1.15. The summed E-state index contributed by atoms with van der Waals surface area (Å²) in [6.07, 6.45) is -4.17. The van der Waals surface area contributed by atoms with Crippen LogP contribution >= 0.6 is 0 Å². The van der Waals surface area contributed by atoms with E-state index in [2.05, 4.69) is 5.16 Å². The van der Waals surface area contributed by atoms with Gasteiger partial charge in [0.25, 0.3) is 0 Å². The van der Waals surface area contributed by atoms with Crippen LogP contribution in [0.2, 0.25) is 0 Å². The molecule has 8 heteroatoms. The maximum atomic E-state index is 12.5. The van der Waals surface area contributed by atoms with Crippen molar-refractivity contribution in [3.8, 4) is 0 Å². The summed E-state index contributed by atoms with van der Waals surface area (Å²) >= 11 is 0. The van der Waals surface area contributed by atoms with E-state index >= 15 is 0 Å². The van der Waals surface area contributed by atoms with E-state index in [0.717, 1.165) is 5.69 Å². The van der Waals surface area contributed by atoms with Gasteiger partial charge in [-0.15, -0.1) is 0 Å². The highest BCUT2D eigenvalue weighted by Crippen LogP contribution is 2.24. The van der Waals surface area contributed by atoms with Crippen LogP contribution in [0.1, 0.15) is 31.2 Å². The minimum atomic E-state index is -4.16. The van der Waals surface area contributed by atoms with Crippen molar-refractivity contribution in [3.05, 3.63) is 17.5 Å². The van der Waals surface area contributed by atoms with Crippen LogP contribution in [0.25, 0.3) is 0 Å². The number of aryl methyl sites for hydroxylation is 1. The maximum Gasteiger partial charge on any atom is 0.390 e. The van der Waals surface area contributed by atoms with Gasteiger partial charge in [0.2, 0.25) is 5.91 Å². The van der Waals surface area contributed by atoms with E-state index < -0.39 is 18.6 Å². The maximum absolute atomic E-state index is 12.5. The number of amides is 1. The molecule has 1 atom stereocenters. The van der Waals surface area contributed by atoms with Crippen LogP contribution in [0.3, 0.4) is 0 Å². The lowest BCUT2D eigenvalue weighted by atomic mass is 10.2. The standard InChI is InChI=1S/C15H22F3N3O2/c1-11-8-13(23-19-11)9-14(22)21-5-3-4-20(6-7-21)12(2)10-15(16,17)18/h8,12H,3-7,9-10H2,1-2H3. The molecule has 2 rings (SSSR count). The third-order valence-electron chi connectivity index (χ3n) is 4.04. The Morgan fingerprint density at radius 2 is 2.09 bits per heavy atom. The van der Waals surface area contributed by atoms with Gasteiger partial charge in [-0.2, -0.15) is 13.2 Å². The Hall–Kier alpha value is -1.57. The topological polar surface area (TPSA) is 49.6 Å². The molecule has 1 aromatic rings. The van der Waals surface area contributed by atoms with E-state index in [9.17, 15) is 18.0 Å². The number of hydrogen-bond acceptors (Lipinski definition) is 4. The molecule has 2 heterocycles. The van der Waals surface area contributed by atoms with Crippen LogP contribution in [0.15, 0.2) is 10.6 Å². The van der Waals surface area contributed by atoms with E-state index in [1.54, 1.807) is 29.7 Å². The van der Waals surface area contributed by atoms with Gasteiger partial charge in [-0.1, -0.05) is 5.16 Å². The highest BCUT2D eigenvalue weighted by Gasteiger charge is 2.33. The van der Waals surface area contributed by atoms with Gasteiger partial charge in [0.05, 0.1) is 18.5 Å². The third-order valence-corrected chi connectivity index (χ3v) is 4.04. The van der Waals surface area contributed by atoms with E-state index in [0.29, 0.717) is 38.4 Å². The summed E-state index contributed by atoms with van der Waals surface area (Å²) in [7, 11) is 0. The summed E-state index contributed by atoms with van der Waals surface area (Å²) in [5.41, 5.74) is 0.718. The quantitative estimate of drug-likeness (QED) is 0.849. The molecule has 1 fully saturated rings. The van der Waals surface area contributed by atoms with Crippen molar-refractivity contribution in [2.75, 3.05) is 26.2 Å². The minimum Gasteiger partial charge on any atom is -0.361 e. The van der Waals surface area contributed by atoms with Crippen molar-refractivity contribution in [3.63, 3.8) is 0 Å². The molecule has 0 spiro atoms. The molecule has 0 aromatic carbocycles. The monoisotopic (exact) mass is 333 g/mol. The number of hydrogen-bond donors (Lipinski definition) is 0. The number of carbonyl (C=O) groups excluding carboxylic acids is 1. The Balaban J connectivity index is 1.86. The SMILES string of the molecule is Cc1cc(CC(=O)N2CCCN(C(C)CC(F)(F)F)CC2)on1. The van der Waals surface area contributed by atoms with Crippen molar-refractivity contribution < 1.29 is 22.5 Å². The molecule has 1 aromatic heterocycles. The molecule has 1 aliphatic heterocycles. The zero-order chi connectivity index (χ0) is 17.0. The first-order chi connectivity index (χ1) is 10.7. The minimum absolute atomic E-state index is 0.0773. The number of halogens is 3. The summed E-state index contributed by atoms with van der Waals surface area (Å²) in [4.78, 5) is 15.8. The Labute approximate surface area is 133 Å². The molecule has 0 saturated carbocycles. The van der Waals surface area contributed by atoms with Gasteiger partial charge in [0, 0.05) is 38.3 Å². The fourth-order valence-electron chi connectivity index (χ4n) is 2.85. The van der Waals surface area contributed by atoms with Gasteiger partial charge in [-0.05, 0) is 20.3 Å². The Morgan fingerprint density at radius 3 is 2.70 bits per heavy atom. The first kappa shape index (κ1) is 17.8. The molecule has 1 amide bonds. The lowest BCUT2D eigenvalue weighted by molar-refractivity contribution is -0.146. The fraction of sp³-hybridized carbons (Fsp3) is 0.733. The number of carbonyl (C=O) groups is 1. The van der Waals surface area contributed by atoms with Crippen molar-refractivity contribution in [1.29, 1.82) is 0 Å². The van der Waals surface area contributed by atoms with Crippen molar-refractivity contribution in [2.24, 2.45) is 0 Å². The fourth-order valence-corrected chi connectivity index (χ4v) is 2.85. The molecule has 1 aliphatic rings. The third kappa shape index (κ3) is 5.53. The van der Waals surface area contributed by atoms with E-state index in [4.69, 9.17) is 4.52 Å². The van der Waals surface area contributed by atoms with Crippen LogP contribution in [-0.2, 0) is 11.2 Å². The van der Waals surface area contributed by atoms with Crippen molar-refractivity contribution in [1.82, 2.24) is 15.0 Å². The predicted octanol–water partition coefficient (Wildman–Crippen LogP) is 2.40. The molecule has 5 nitrogen and oxygen atoms in total. The van der Waals surface area contributed by atoms with Crippen LogP contribution in [0.4, 0.5) is 13.2 Å². The first-order valence-corrected chi connectivity index (χ1v) is 7.75. The summed E-state index contributed by atoms with van der Waals surface area (Å²) in [6.45, 7) is 5.39. The first-order valence-electron chi connectivity index (χ1n) is 7.75. The molecule has 0 radical (unpaired) electrons. The second-order valence-corrected chi connectivity index (χ2v) is 6.05. The number of rotatable bonds is 4. The Kier molecular flexibility index (Phi) is 5.67. The number of nitrogens with zero attached hydrogens (tertiary/aromatic N) is 3. The zero-order valence-electron chi connectivity index (χ0n) is 13.4. The van der Waals surface area contributed by atoms with Crippen molar-refractivity contribution >= 4 is 5.91 Å². The molecular weight excluding hydrogens is 311 g/mol. The molecule has 0 N–H and O–H groups in total. The van der Waals surface area contributed by atoms with Crippen LogP contribution in [0.5, 0.6) is 0 Å². The van der Waals surface area contributed by atoms with Gasteiger partial charge in [-0.3, -0.25) is 9.69 Å². The zero-order valence-corrected chi connectivity index (χ0v) is 13.4. The summed E-state index contributed by atoms with van der Waals surface area (Å²) < 4.78 is 42.6. The van der Waals surface area contributed by atoms with E-state index in [1.807, 2.05) is 0 Å². The van der Waals surface area contributed by atoms with Gasteiger partial charge >= 0.3 is 6.18 Å². The smallest absolute Gasteiger partial charge is 0.361 e. The molecular formula is C15H22F3N3O2. The van der Waals surface area contributed by atoms with Gasteiger partial charge in [-0.25, -0.2) is 0 Å². The normalized spacial score (nSPS) is 18.7. The second-order valence-electron chi connectivity index (χ2n) is 6.05. The van der Waals surface area contributed by atoms with Crippen LogP contribution < -0.4 is 0 Å². The average molecular weight is 333 g/mol. The Morgan fingerprint density at radius 1 is 1.35 bits per heavy atom. The Bertz CT molecular complexity index is 530. The van der Waals surface area contributed by atoms with Gasteiger partial charge in [0.15, 0.2) is 0 Å². The molecule has 130 valence electrons.